The summed E-state index contributed by atoms with van der Waals surface area (Å²) in [5.74, 6) is 0.170. The van der Waals surface area contributed by atoms with Crippen LogP contribution >= 0.6 is 11.6 Å². The van der Waals surface area contributed by atoms with E-state index in [0.717, 1.165) is 12.3 Å². The van der Waals surface area contributed by atoms with Crippen LogP contribution in [0.3, 0.4) is 0 Å². The Bertz CT molecular complexity index is 807. The number of hydrogen-bond acceptors (Lipinski definition) is 3. The first-order chi connectivity index (χ1) is 13.3. The number of benzene rings is 1. The minimum absolute atomic E-state index is 0.000372. The van der Waals surface area contributed by atoms with Crippen LogP contribution in [0.1, 0.15) is 31.2 Å². The van der Waals surface area contributed by atoms with Gasteiger partial charge in [-0.15, -0.1) is 0 Å². The van der Waals surface area contributed by atoms with Crippen molar-refractivity contribution in [2.24, 2.45) is 0 Å². The summed E-state index contributed by atoms with van der Waals surface area (Å²) in [5, 5.41) is 6.17. The number of amides is 2. The van der Waals surface area contributed by atoms with E-state index < -0.39 is 11.7 Å². The molecule has 0 radical (unpaired) electrons. The van der Waals surface area contributed by atoms with E-state index in [2.05, 4.69) is 15.6 Å². The number of nitrogens with one attached hydrogen (secondary N) is 2. The molecule has 0 atom stereocenters. The van der Waals surface area contributed by atoms with E-state index in [4.69, 9.17) is 16.3 Å². The van der Waals surface area contributed by atoms with Crippen LogP contribution in [0.2, 0.25) is 5.02 Å². The van der Waals surface area contributed by atoms with Gasteiger partial charge in [0, 0.05) is 29.0 Å². The number of aromatic nitrogens is 1. The number of pyridine rings is 1. The molecule has 0 saturated heterocycles. The molecule has 1 heterocycles. The Balaban J connectivity index is 1.43. The fraction of sp³-hybridized carbons (Fsp3) is 0.368. The Hall–Kier alpha value is -2.48. The highest BCUT2D eigenvalue weighted by Crippen LogP contribution is 2.30. The van der Waals surface area contributed by atoms with E-state index in [1.807, 2.05) is 0 Å². The van der Waals surface area contributed by atoms with Gasteiger partial charge in [0.15, 0.2) is 0 Å². The first kappa shape index (κ1) is 20.3. The Labute approximate surface area is 165 Å². The highest BCUT2D eigenvalue weighted by molar-refractivity contribution is 6.30. The molecule has 2 N–H and O–H groups in total. The monoisotopic (exact) mass is 413 g/mol. The van der Waals surface area contributed by atoms with Crippen molar-refractivity contribution in [3.8, 4) is 5.88 Å². The zero-order chi connectivity index (χ0) is 20.1. The first-order valence-electron chi connectivity index (χ1n) is 8.82. The predicted octanol–water partition coefficient (Wildman–Crippen LogP) is 5.27. The fourth-order valence-corrected chi connectivity index (χ4v) is 3.22. The van der Waals surface area contributed by atoms with E-state index >= 15 is 0 Å². The Morgan fingerprint density at radius 2 is 1.89 bits per heavy atom. The van der Waals surface area contributed by atoms with Gasteiger partial charge in [0.25, 0.3) is 0 Å². The van der Waals surface area contributed by atoms with Crippen LogP contribution in [-0.2, 0) is 6.18 Å². The topological polar surface area (TPSA) is 63.2 Å². The normalized spacial score (nSPS) is 19.7. The zero-order valence-corrected chi connectivity index (χ0v) is 15.6. The second kappa shape index (κ2) is 8.68. The van der Waals surface area contributed by atoms with E-state index in [-0.39, 0.29) is 24.1 Å². The molecule has 1 aromatic carbocycles. The van der Waals surface area contributed by atoms with Crippen molar-refractivity contribution in [3.63, 3.8) is 0 Å². The molecule has 1 fully saturated rings. The number of ether oxygens (including phenoxy) is 1. The highest BCUT2D eigenvalue weighted by Gasteiger charge is 2.31. The molecule has 1 aliphatic rings. The summed E-state index contributed by atoms with van der Waals surface area (Å²) in [4.78, 5) is 15.8. The van der Waals surface area contributed by atoms with Gasteiger partial charge in [0.1, 0.15) is 6.10 Å². The van der Waals surface area contributed by atoms with Gasteiger partial charge >= 0.3 is 12.2 Å². The average Bonchev–Trinajstić information content (AvgIpc) is 2.63. The number of urea groups is 1. The van der Waals surface area contributed by atoms with Crippen molar-refractivity contribution in [2.75, 3.05) is 5.32 Å². The lowest BCUT2D eigenvalue weighted by Gasteiger charge is -2.29. The van der Waals surface area contributed by atoms with Crippen molar-refractivity contribution in [3.05, 3.63) is 53.2 Å². The number of anilines is 1. The number of halogens is 4. The van der Waals surface area contributed by atoms with Crippen molar-refractivity contribution in [1.82, 2.24) is 10.3 Å². The predicted molar refractivity (Wildman–Crippen MR) is 99.5 cm³/mol. The van der Waals surface area contributed by atoms with Crippen LogP contribution < -0.4 is 15.4 Å². The van der Waals surface area contributed by atoms with E-state index in [1.165, 1.54) is 6.07 Å². The fourth-order valence-electron chi connectivity index (χ4n) is 3.03. The van der Waals surface area contributed by atoms with Gasteiger partial charge in [-0.1, -0.05) is 17.7 Å². The molecule has 1 aliphatic carbocycles. The first-order valence-corrected chi connectivity index (χ1v) is 9.20. The second-order valence-corrected chi connectivity index (χ2v) is 7.02. The third kappa shape index (κ3) is 5.76. The number of hydrogen-bond donors (Lipinski definition) is 2. The van der Waals surface area contributed by atoms with Crippen molar-refractivity contribution in [1.29, 1.82) is 0 Å². The second-order valence-electron chi connectivity index (χ2n) is 6.58. The van der Waals surface area contributed by atoms with Gasteiger partial charge in [0.2, 0.25) is 5.88 Å². The zero-order valence-electron chi connectivity index (χ0n) is 14.8. The number of carbonyl (C=O) groups excluding carboxylic acids is 1. The molecule has 2 aromatic rings. The van der Waals surface area contributed by atoms with Crippen LogP contribution in [0.4, 0.5) is 23.7 Å². The smallest absolute Gasteiger partial charge is 0.417 e. The molecule has 3 rings (SSSR count). The summed E-state index contributed by atoms with van der Waals surface area (Å²) in [5.41, 5.74) is -0.200. The van der Waals surface area contributed by atoms with Gasteiger partial charge in [-0.05, 0) is 49.9 Å². The molecule has 28 heavy (non-hydrogen) atoms. The Morgan fingerprint density at radius 1 is 1.14 bits per heavy atom. The van der Waals surface area contributed by atoms with Crippen LogP contribution in [0.5, 0.6) is 5.88 Å². The molecule has 0 aliphatic heterocycles. The molecule has 1 saturated carbocycles. The molecule has 0 spiro atoms. The third-order valence-electron chi connectivity index (χ3n) is 4.44. The minimum Gasteiger partial charge on any atom is -0.474 e. The summed E-state index contributed by atoms with van der Waals surface area (Å²) in [6, 6.07) is 8.74. The van der Waals surface area contributed by atoms with Crippen molar-refractivity contribution < 1.29 is 22.7 Å². The largest absolute Gasteiger partial charge is 0.474 e. The summed E-state index contributed by atoms with van der Waals surface area (Å²) in [6.45, 7) is 0. The van der Waals surface area contributed by atoms with Crippen LogP contribution in [0.25, 0.3) is 0 Å². The van der Waals surface area contributed by atoms with E-state index in [0.29, 0.717) is 36.4 Å². The van der Waals surface area contributed by atoms with Crippen LogP contribution in [0.15, 0.2) is 42.6 Å². The third-order valence-corrected chi connectivity index (χ3v) is 4.68. The molecule has 150 valence electrons. The van der Waals surface area contributed by atoms with Crippen molar-refractivity contribution in [2.45, 2.75) is 44.0 Å². The van der Waals surface area contributed by atoms with Crippen LogP contribution in [0, 0.1) is 0 Å². The van der Waals surface area contributed by atoms with Crippen molar-refractivity contribution >= 4 is 23.3 Å². The molecule has 1 aromatic heterocycles. The number of alkyl halides is 3. The summed E-state index contributed by atoms with van der Waals surface area (Å²) < 4.78 is 43.3. The highest BCUT2D eigenvalue weighted by atomic mass is 35.5. The lowest BCUT2D eigenvalue weighted by molar-refractivity contribution is -0.137. The summed E-state index contributed by atoms with van der Waals surface area (Å²) in [6.07, 6.45) is -1.04. The number of nitrogens with zero attached hydrogens (tertiary/aromatic N) is 1. The van der Waals surface area contributed by atoms with Crippen LogP contribution in [-0.4, -0.2) is 23.2 Å². The van der Waals surface area contributed by atoms with Gasteiger partial charge in [0.05, 0.1) is 5.56 Å². The summed E-state index contributed by atoms with van der Waals surface area (Å²) >= 11 is 5.89. The quantitative estimate of drug-likeness (QED) is 0.718. The molecule has 0 unspecified atom stereocenters. The molecule has 0 bridgehead atoms. The molecule has 9 heteroatoms. The molecular weight excluding hydrogens is 395 g/mol. The van der Waals surface area contributed by atoms with Gasteiger partial charge < -0.3 is 15.4 Å². The van der Waals surface area contributed by atoms with Gasteiger partial charge in [-0.25, -0.2) is 9.78 Å². The number of carbonyl (C=O) groups is 1. The average molecular weight is 414 g/mol. The lowest BCUT2D eigenvalue weighted by Crippen LogP contribution is -2.41. The molecule has 5 nitrogen and oxygen atoms in total. The SMILES string of the molecule is O=C(Nc1cccc(Cl)c1)NC1CCC(Oc2ccc(C(F)(F)F)cn2)CC1. The molecular formula is C19H19ClF3N3O2. The number of rotatable bonds is 4. The Morgan fingerprint density at radius 3 is 2.50 bits per heavy atom. The minimum atomic E-state index is -4.42. The van der Waals surface area contributed by atoms with Gasteiger partial charge in [-0.2, -0.15) is 13.2 Å². The Kier molecular flexibility index (Phi) is 6.28. The van der Waals surface area contributed by atoms with E-state index in [9.17, 15) is 18.0 Å². The maximum atomic E-state index is 12.6. The standard InChI is InChI=1S/C19H19ClF3N3O2/c20-13-2-1-3-15(10-13)26-18(27)25-14-5-7-16(8-6-14)28-17-9-4-12(11-24-17)19(21,22)23/h1-4,9-11,14,16H,5-8H2,(H2,25,26,27). The van der Waals surface area contributed by atoms with E-state index in [1.54, 1.807) is 24.3 Å². The summed E-state index contributed by atoms with van der Waals surface area (Å²) in [7, 11) is 0. The maximum Gasteiger partial charge on any atom is 0.417 e. The maximum absolute atomic E-state index is 12.6. The lowest BCUT2D eigenvalue weighted by atomic mass is 9.93. The van der Waals surface area contributed by atoms with Gasteiger partial charge in [-0.3, -0.25) is 0 Å². The molecule has 2 amide bonds.